The second-order valence-electron chi connectivity index (χ2n) is 6.35. The van der Waals surface area contributed by atoms with E-state index in [1.807, 2.05) is 6.92 Å². The highest BCUT2D eigenvalue weighted by Gasteiger charge is 2.43. The zero-order valence-corrected chi connectivity index (χ0v) is 11.2. The predicted molar refractivity (Wildman–Crippen MR) is 69.5 cm³/mol. The summed E-state index contributed by atoms with van der Waals surface area (Å²) in [6, 6.07) is 0.438. The van der Waals surface area contributed by atoms with E-state index in [4.69, 9.17) is 5.73 Å². The number of hydrogen-bond donors (Lipinski definition) is 2. The zero-order chi connectivity index (χ0) is 12.5. The van der Waals surface area contributed by atoms with E-state index in [1.54, 1.807) is 0 Å². The minimum atomic E-state index is -0.316. The number of nitrogens with one attached hydrogen (secondary N) is 1. The number of nitrogens with two attached hydrogens (primary N) is 1. The van der Waals surface area contributed by atoms with Gasteiger partial charge in [0.1, 0.15) is 0 Å². The minimum Gasteiger partial charge on any atom is -0.353 e. The highest BCUT2D eigenvalue weighted by Crippen LogP contribution is 2.37. The highest BCUT2D eigenvalue weighted by molar-refractivity contribution is 5.83. The van der Waals surface area contributed by atoms with Crippen molar-refractivity contribution in [1.82, 2.24) is 5.32 Å². The van der Waals surface area contributed by atoms with Crippen LogP contribution in [0.5, 0.6) is 0 Å². The first kappa shape index (κ1) is 12.9. The van der Waals surface area contributed by atoms with Gasteiger partial charge in [0.2, 0.25) is 5.91 Å². The Bertz CT molecular complexity index is 284. The first-order valence-electron chi connectivity index (χ1n) is 7.09. The van der Waals surface area contributed by atoms with E-state index in [-0.39, 0.29) is 17.4 Å². The maximum Gasteiger partial charge on any atom is 0.227 e. The average Bonchev–Trinajstić information content (AvgIpc) is 2.64. The van der Waals surface area contributed by atoms with Crippen molar-refractivity contribution in [3.05, 3.63) is 0 Å². The van der Waals surface area contributed by atoms with Gasteiger partial charge in [-0.05, 0) is 51.4 Å². The molecule has 2 aliphatic carbocycles. The van der Waals surface area contributed by atoms with Crippen molar-refractivity contribution in [2.45, 2.75) is 70.9 Å². The third-order valence-electron chi connectivity index (χ3n) is 4.90. The molecule has 3 nitrogen and oxygen atoms in total. The lowest BCUT2D eigenvalue weighted by Crippen LogP contribution is -2.50. The molecule has 98 valence electrons. The lowest BCUT2D eigenvalue weighted by molar-refractivity contribution is -0.131. The summed E-state index contributed by atoms with van der Waals surface area (Å²) in [4.78, 5) is 12.3. The van der Waals surface area contributed by atoms with Crippen LogP contribution in [-0.4, -0.2) is 18.0 Å². The van der Waals surface area contributed by atoms with Crippen molar-refractivity contribution in [2.75, 3.05) is 0 Å². The molecule has 2 fully saturated rings. The Kier molecular flexibility index (Phi) is 3.76. The quantitative estimate of drug-likeness (QED) is 0.775. The fourth-order valence-electron chi connectivity index (χ4n) is 3.23. The van der Waals surface area contributed by atoms with Gasteiger partial charge in [-0.3, -0.25) is 4.79 Å². The smallest absolute Gasteiger partial charge is 0.227 e. The van der Waals surface area contributed by atoms with Crippen molar-refractivity contribution in [2.24, 2.45) is 17.1 Å². The Balaban J connectivity index is 1.88. The first-order chi connectivity index (χ1) is 8.02. The third kappa shape index (κ3) is 2.65. The van der Waals surface area contributed by atoms with Crippen LogP contribution in [0.1, 0.15) is 58.8 Å². The molecule has 0 aromatic carbocycles. The first-order valence-corrected chi connectivity index (χ1v) is 7.09. The van der Waals surface area contributed by atoms with Gasteiger partial charge in [-0.1, -0.05) is 13.3 Å². The van der Waals surface area contributed by atoms with Gasteiger partial charge >= 0.3 is 0 Å². The van der Waals surface area contributed by atoms with Gasteiger partial charge in [0, 0.05) is 12.1 Å². The van der Waals surface area contributed by atoms with Crippen LogP contribution >= 0.6 is 0 Å². The van der Waals surface area contributed by atoms with Crippen molar-refractivity contribution in [1.29, 1.82) is 0 Å². The van der Waals surface area contributed by atoms with Gasteiger partial charge < -0.3 is 11.1 Å². The van der Waals surface area contributed by atoms with Crippen LogP contribution in [0.15, 0.2) is 0 Å². The van der Waals surface area contributed by atoms with E-state index in [9.17, 15) is 4.79 Å². The maximum absolute atomic E-state index is 12.3. The van der Waals surface area contributed by atoms with Gasteiger partial charge in [0.15, 0.2) is 0 Å². The molecule has 2 saturated carbocycles. The molecule has 0 heterocycles. The van der Waals surface area contributed by atoms with E-state index in [0.717, 1.165) is 38.0 Å². The number of hydrogen-bond acceptors (Lipinski definition) is 2. The summed E-state index contributed by atoms with van der Waals surface area (Å²) in [5.74, 6) is 1.02. The second-order valence-corrected chi connectivity index (χ2v) is 6.35. The molecule has 0 aliphatic heterocycles. The Morgan fingerprint density at radius 3 is 2.41 bits per heavy atom. The molecule has 0 saturated heterocycles. The Morgan fingerprint density at radius 2 is 1.88 bits per heavy atom. The van der Waals surface area contributed by atoms with E-state index >= 15 is 0 Å². The predicted octanol–water partition coefficient (Wildman–Crippen LogP) is 2.20. The molecule has 0 bridgehead atoms. The number of carbonyl (C=O) groups excluding carboxylic acids is 1. The number of rotatable bonds is 2. The third-order valence-corrected chi connectivity index (χ3v) is 4.90. The molecule has 0 aromatic rings. The Morgan fingerprint density at radius 1 is 1.24 bits per heavy atom. The van der Waals surface area contributed by atoms with Gasteiger partial charge in [0.25, 0.3) is 0 Å². The molecule has 2 aliphatic rings. The summed E-state index contributed by atoms with van der Waals surface area (Å²) in [6.45, 7) is 4.33. The minimum absolute atomic E-state index is 0.0463. The van der Waals surface area contributed by atoms with Crippen LogP contribution in [0.25, 0.3) is 0 Å². The largest absolute Gasteiger partial charge is 0.353 e. The fourth-order valence-corrected chi connectivity index (χ4v) is 3.23. The van der Waals surface area contributed by atoms with E-state index in [1.165, 1.54) is 12.8 Å². The summed E-state index contributed by atoms with van der Waals surface area (Å²) in [7, 11) is 0. The maximum atomic E-state index is 12.3. The Hall–Kier alpha value is -0.570. The van der Waals surface area contributed by atoms with Crippen LogP contribution in [0.2, 0.25) is 0 Å². The normalized spacial score (nSPS) is 42.4. The van der Waals surface area contributed by atoms with Gasteiger partial charge in [-0.25, -0.2) is 0 Å². The molecule has 3 heteroatoms. The highest BCUT2D eigenvalue weighted by atomic mass is 16.2. The molecular weight excluding hydrogens is 212 g/mol. The molecule has 3 N–H and O–H groups in total. The molecule has 0 radical (unpaired) electrons. The lowest BCUT2D eigenvalue weighted by Gasteiger charge is -2.33. The monoisotopic (exact) mass is 238 g/mol. The molecule has 2 atom stereocenters. The van der Waals surface area contributed by atoms with Gasteiger partial charge in [-0.2, -0.15) is 0 Å². The van der Waals surface area contributed by atoms with Crippen LogP contribution in [0, 0.1) is 11.3 Å². The summed E-state index contributed by atoms with van der Waals surface area (Å²) >= 11 is 0. The summed E-state index contributed by atoms with van der Waals surface area (Å²) in [6.07, 6.45) is 7.79. The second kappa shape index (κ2) is 4.97. The molecule has 0 aromatic heterocycles. The summed E-state index contributed by atoms with van der Waals surface area (Å²) in [5.41, 5.74) is 5.76. The summed E-state index contributed by atoms with van der Waals surface area (Å²) in [5, 5.41) is 3.23. The zero-order valence-electron chi connectivity index (χ0n) is 11.2. The van der Waals surface area contributed by atoms with Crippen molar-refractivity contribution >= 4 is 5.91 Å². The number of amides is 1. The van der Waals surface area contributed by atoms with E-state index < -0.39 is 0 Å². The molecule has 2 rings (SSSR count). The average molecular weight is 238 g/mol. The molecule has 0 spiro atoms. The van der Waals surface area contributed by atoms with Crippen molar-refractivity contribution < 1.29 is 4.79 Å². The molecule has 1 amide bonds. The van der Waals surface area contributed by atoms with E-state index in [2.05, 4.69) is 12.2 Å². The molecule has 17 heavy (non-hydrogen) atoms. The van der Waals surface area contributed by atoms with Crippen LogP contribution in [0.3, 0.4) is 0 Å². The topological polar surface area (TPSA) is 55.1 Å². The van der Waals surface area contributed by atoms with Crippen molar-refractivity contribution in [3.63, 3.8) is 0 Å². The fraction of sp³-hybridized carbons (Fsp3) is 0.929. The lowest BCUT2D eigenvalue weighted by atomic mass is 9.82. The van der Waals surface area contributed by atoms with Crippen LogP contribution in [-0.2, 0) is 4.79 Å². The van der Waals surface area contributed by atoms with Crippen LogP contribution < -0.4 is 11.1 Å². The Labute approximate surface area is 105 Å². The van der Waals surface area contributed by atoms with E-state index in [0.29, 0.717) is 6.04 Å². The standard InChI is InChI=1S/C14H26N2O/c1-10-5-7-11(8-6-10)16-13(17)14(2)9-3-4-12(14)15/h10-12H,3-9,15H2,1-2H3,(H,16,17). The SMILES string of the molecule is CC1CCC(NC(=O)C2(C)CCCC2N)CC1. The summed E-state index contributed by atoms with van der Waals surface area (Å²) < 4.78 is 0. The number of carbonyl (C=O) groups is 1. The van der Waals surface area contributed by atoms with Crippen molar-refractivity contribution in [3.8, 4) is 0 Å². The van der Waals surface area contributed by atoms with Crippen LogP contribution in [0.4, 0.5) is 0 Å². The molecular formula is C14H26N2O. The molecule has 2 unspecified atom stereocenters. The van der Waals surface area contributed by atoms with Gasteiger partial charge in [0.05, 0.1) is 5.41 Å². The van der Waals surface area contributed by atoms with Gasteiger partial charge in [-0.15, -0.1) is 0 Å².